The van der Waals surface area contributed by atoms with E-state index in [0.717, 1.165) is 19.3 Å². The van der Waals surface area contributed by atoms with Crippen LogP contribution < -0.4 is 5.32 Å². The Morgan fingerprint density at radius 2 is 2.14 bits per heavy atom. The smallest absolute Gasteiger partial charge is 0.248 e. The van der Waals surface area contributed by atoms with Gasteiger partial charge in [-0.15, -0.1) is 11.3 Å². The van der Waals surface area contributed by atoms with Crippen molar-refractivity contribution >= 4 is 23.2 Å². The molecule has 1 aromatic rings. The first kappa shape index (κ1) is 17.0. The highest BCUT2D eigenvalue weighted by Gasteiger charge is 2.26. The molecule has 1 N–H and O–H groups in total. The molecule has 1 aliphatic rings. The molecule has 1 aromatic heterocycles. The summed E-state index contributed by atoms with van der Waals surface area (Å²) in [7, 11) is 1.52. The molecule has 0 atom stereocenters. The van der Waals surface area contributed by atoms with Crippen LogP contribution in [0, 0.1) is 12.8 Å². The molecular formula is C16H24N2O3S. The maximum atomic E-state index is 12.2. The molecule has 122 valence electrons. The topological polar surface area (TPSA) is 58.6 Å². The second kappa shape index (κ2) is 8.29. The Balaban J connectivity index is 1.69. The van der Waals surface area contributed by atoms with Crippen LogP contribution in [0.5, 0.6) is 0 Å². The van der Waals surface area contributed by atoms with E-state index in [1.165, 1.54) is 17.6 Å². The summed E-state index contributed by atoms with van der Waals surface area (Å²) in [6.45, 7) is 4.19. The van der Waals surface area contributed by atoms with Gasteiger partial charge in [0.2, 0.25) is 11.8 Å². The third kappa shape index (κ3) is 4.55. The monoisotopic (exact) mass is 324 g/mol. The van der Waals surface area contributed by atoms with E-state index in [1.807, 2.05) is 0 Å². The molecule has 0 spiro atoms. The van der Waals surface area contributed by atoms with Gasteiger partial charge in [-0.05, 0) is 43.2 Å². The average Bonchev–Trinajstić information content (AvgIpc) is 2.93. The summed E-state index contributed by atoms with van der Waals surface area (Å²) in [5.74, 6) is 0.151. The Morgan fingerprint density at radius 3 is 2.73 bits per heavy atom. The molecular weight excluding hydrogens is 300 g/mol. The Labute approximate surface area is 135 Å². The van der Waals surface area contributed by atoms with Crippen molar-refractivity contribution in [3.8, 4) is 0 Å². The molecule has 0 unspecified atom stereocenters. The van der Waals surface area contributed by atoms with E-state index in [9.17, 15) is 9.59 Å². The fourth-order valence-corrected chi connectivity index (χ4v) is 3.62. The lowest BCUT2D eigenvalue weighted by Gasteiger charge is -2.31. The number of carbonyl (C=O) groups is 2. The Morgan fingerprint density at radius 1 is 1.41 bits per heavy atom. The van der Waals surface area contributed by atoms with Crippen LogP contribution in [0.4, 0.5) is 0 Å². The van der Waals surface area contributed by atoms with Gasteiger partial charge in [-0.3, -0.25) is 9.59 Å². The van der Waals surface area contributed by atoms with Crippen LogP contribution in [0.3, 0.4) is 0 Å². The number of hydrogen-bond acceptors (Lipinski definition) is 4. The maximum absolute atomic E-state index is 12.2. The standard InChI is InChI=1S/C16H24N2O3S/c1-12-6-10-22-14(12)3-7-17-16(20)13-4-8-18(9-5-13)15(19)11-21-2/h6,10,13H,3-5,7-9,11H2,1-2H3,(H,17,20). The van der Waals surface area contributed by atoms with Crippen molar-refractivity contribution < 1.29 is 14.3 Å². The molecule has 0 bridgehead atoms. The number of amides is 2. The van der Waals surface area contributed by atoms with Gasteiger partial charge < -0.3 is 15.0 Å². The average molecular weight is 324 g/mol. The number of thiophene rings is 1. The molecule has 22 heavy (non-hydrogen) atoms. The molecule has 0 saturated carbocycles. The van der Waals surface area contributed by atoms with Crippen LogP contribution in [0.1, 0.15) is 23.3 Å². The summed E-state index contributed by atoms with van der Waals surface area (Å²) in [5.41, 5.74) is 1.30. The number of aryl methyl sites for hydroxylation is 1. The van der Waals surface area contributed by atoms with E-state index in [0.29, 0.717) is 19.6 Å². The van der Waals surface area contributed by atoms with Crippen molar-refractivity contribution in [2.24, 2.45) is 5.92 Å². The fourth-order valence-electron chi connectivity index (χ4n) is 2.71. The molecule has 0 radical (unpaired) electrons. The van der Waals surface area contributed by atoms with E-state index in [1.54, 1.807) is 16.2 Å². The summed E-state index contributed by atoms with van der Waals surface area (Å²) in [6.07, 6.45) is 2.36. The molecule has 0 aromatic carbocycles. The second-order valence-corrected chi connectivity index (χ2v) is 6.66. The minimum absolute atomic E-state index is 0.00882. The highest BCUT2D eigenvalue weighted by Crippen LogP contribution is 2.18. The number of likely N-dealkylation sites (tertiary alicyclic amines) is 1. The van der Waals surface area contributed by atoms with Crippen molar-refractivity contribution in [1.29, 1.82) is 0 Å². The lowest BCUT2D eigenvalue weighted by atomic mass is 9.96. The first-order valence-electron chi connectivity index (χ1n) is 7.69. The number of piperidine rings is 1. The highest BCUT2D eigenvalue weighted by molar-refractivity contribution is 7.10. The van der Waals surface area contributed by atoms with Crippen LogP contribution >= 0.6 is 11.3 Å². The number of nitrogens with zero attached hydrogens (tertiary/aromatic N) is 1. The van der Waals surface area contributed by atoms with Crippen LogP contribution in [-0.2, 0) is 20.7 Å². The first-order valence-corrected chi connectivity index (χ1v) is 8.57. The number of nitrogens with one attached hydrogen (secondary N) is 1. The quantitative estimate of drug-likeness (QED) is 0.865. The van der Waals surface area contributed by atoms with Crippen LogP contribution in [-0.4, -0.2) is 50.1 Å². The van der Waals surface area contributed by atoms with Crippen LogP contribution in [0.25, 0.3) is 0 Å². The van der Waals surface area contributed by atoms with Crippen LogP contribution in [0.15, 0.2) is 11.4 Å². The molecule has 1 aliphatic heterocycles. The maximum Gasteiger partial charge on any atom is 0.248 e. The third-order valence-electron chi connectivity index (χ3n) is 4.11. The van der Waals surface area contributed by atoms with E-state index < -0.39 is 0 Å². The Hall–Kier alpha value is -1.40. The van der Waals surface area contributed by atoms with Gasteiger partial charge in [-0.1, -0.05) is 0 Å². The van der Waals surface area contributed by atoms with Crippen molar-refractivity contribution in [3.63, 3.8) is 0 Å². The summed E-state index contributed by atoms with van der Waals surface area (Å²) in [6, 6.07) is 2.11. The predicted octanol–water partition coefficient (Wildman–Crippen LogP) is 1.60. The molecule has 1 saturated heterocycles. The normalized spacial score (nSPS) is 15.8. The van der Waals surface area contributed by atoms with Gasteiger partial charge >= 0.3 is 0 Å². The summed E-state index contributed by atoms with van der Waals surface area (Å²) in [4.78, 5) is 27.0. The Bertz CT molecular complexity index is 507. The zero-order valence-corrected chi connectivity index (χ0v) is 14.1. The summed E-state index contributed by atoms with van der Waals surface area (Å²) >= 11 is 1.74. The zero-order chi connectivity index (χ0) is 15.9. The van der Waals surface area contributed by atoms with E-state index >= 15 is 0 Å². The zero-order valence-electron chi connectivity index (χ0n) is 13.3. The molecule has 2 rings (SSSR count). The van der Waals surface area contributed by atoms with Crippen molar-refractivity contribution in [2.75, 3.05) is 33.4 Å². The number of hydrogen-bond donors (Lipinski definition) is 1. The number of rotatable bonds is 6. The van der Waals surface area contributed by atoms with Crippen molar-refractivity contribution in [1.82, 2.24) is 10.2 Å². The fraction of sp³-hybridized carbons (Fsp3) is 0.625. The number of carbonyl (C=O) groups excluding carboxylic acids is 2. The summed E-state index contributed by atoms with van der Waals surface area (Å²) < 4.78 is 4.86. The molecule has 5 nitrogen and oxygen atoms in total. The number of methoxy groups -OCH3 is 1. The van der Waals surface area contributed by atoms with Crippen LogP contribution in [0.2, 0.25) is 0 Å². The Kier molecular flexibility index (Phi) is 6.39. The van der Waals surface area contributed by atoms with Crippen molar-refractivity contribution in [3.05, 3.63) is 21.9 Å². The van der Waals surface area contributed by atoms with Gasteiger partial charge in [-0.2, -0.15) is 0 Å². The third-order valence-corrected chi connectivity index (χ3v) is 5.19. The molecule has 2 heterocycles. The SMILES string of the molecule is COCC(=O)N1CCC(C(=O)NCCc2sccc2C)CC1. The largest absolute Gasteiger partial charge is 0.375 e. The molecule has 0 aliphatic carbocycles. The van der Waals surface area contributed by atoms with E-state index in [-0.39, 0.29) is 24.3 Å². The van der Waals surface area contributed by atoms with Gasteiger partial charge in [0.15, 0.2) is 0 Å². The minimum atomic E-state index is 0.00882. The minimum Gasteiger partial charge on any atom is -0.375 e. The van der Waals surface area contributed by atoms with Gasteiger partial charge in [0.05, 0.1) is 0 Å². The predicted molar refractivity (Wildman–Crippen MR) is 86.9 cm³/mol. The second-order valence-electron chi connectivity index (χ2n) is 5.66. The number of ether oxygens (including phenoxy) is 1. The summed E-state index contributed by atoms with van der Waals surface area (Å²) in [5, 5.41) is 5.11. The van der Waals surface area contributed by atoms with Gasteiger partial charge in [0.25, 0.3) is 0 Å². The van der Waals surface area contributed by atoms with Gasteiger partial charge in [0.1, 0.15) is 6.61 Å². The highest BCUT2D eigenvalue weighted by atomic mass is 32.1. The van der Waals surface area contributed by atoms with Crippen molar-refractivity contribution in [2.45, 2.75) is 26.2 Å². The molecule has 6 heteroatoms. The van der Waals surface area contributed by atoms with Gasteiger partial charge in [-0.25, -0.2) is 0 Å². The molecule has 1 fully saturated rings. The molecule has 2 amide bonds. The first-order chi connectivity index (χ1) is 10.6. The lowest BCUT2D eigenvalue weighted by Crippen LogP contribution is -2.44. The van der Waals surface area contributed by atoms with E-state index in [4.69, 9.17) is 4.74 Å². The van der Waals surface area contributed by atoms with E-state index in [2.05, 4.69) is 23.7 Å². The lowest BCUT2D eigenvalue weighted by molar-refractivity contribution is -0.138. The van der Waals surface area contributed by atoms with Gasteiger partial charge in [0, 0.05) is 37.5 Å².